The summed E-state index contributed by atoms with van der Waals surface area (Å²) < 4.78 is 25.4. The monoisotopic (exact) mass is 423 g/mol. The molecule has 10 heteroatoms. The van der Waals surface area contributed by atoms with E-state index in [9.17, 15) is 13.2 Å². The van der Waals surface area contributed by atoms with Crippen LogP contribution in [0.5, 0.6) is 0 Å². The van der Waals surface area contributed by atoms with Crippen LogP contribution in [0.2, 0.25) is 0 Å². The van der Waals surface area contributed by atoms with Crippen LogP contribution < -0.4 is 0 Å². The Bertz CT molecular complexity index is 944. The first-order valence-corrected chi connectivity index (χ1v) is 12.1. The van der Waals surface area contributed by atoms with Gasteiger partial charge in [0.05, 0.1) is 22.9 Å². The summed E-state index contributed by atoms with van der Waals surface area (Å²) in [5.74, 6) is 0.277. The number of tetrazole rings is 1. The van der Waals surface area contributed by atoms with Gasteiger partial charge in [0.15, 0.2) is 9.84 Å². The molecule has 1 amide bonds. The molecule has 1 fully saturated rings. The number of benzene rings is 1. The molecule has 28 heavy (non-hydrogen) atoms. The molecule has 0 spiro atoms. The molecular weight excluding hydrogens is 398 g/mol. The van der Waals surface area contributed by atoms with Gasteiger partial charge in [0.2, 0.25) is 11.1 Å². The molecule has 1 saturated heterocycles. The van der Waals surface area contributed by atoms with Gasteiger partial charge in [-0.1, -0.05) is 36.9 Å². The Balaban J connectivity index is 1.74. The average Bonchev–Trinajstić information content (AvgIpc) is 3.26. The van der Waals surface area contributed by atoms with Crippen molar-refractivity contribution in [3.63, 3.8) is 0 Å². The molecule has 1 aliphatic rings. The fraction of sp³-hybridized carbons (Fsp3) is 0.556. The molecule has 1 aromatic heterocycles. The summed E-state index contributed by atoms with van der Waals surface area (Å²) in [7, 11) is -3.06. The number of amides is 1. The van der Waals surface area contributed by atoms with Crippen LogP contribution in [0.15, 0.2) is 29.4 Å². The average molecular weight is 424 g/mol. The van der Waals surface area contributed by atoms with E-state index in [2.05, 4.69) is 15.5 Å². The zero-order chi connectivity index (χ0) is 20.3. The molecule has 3 rings (SSSR count). The van der Waals surface area contributed by atoms with E-state index < -0.39 is 9.84 Å². The van der Waals surface area contributed by atoms with Gasteiger partial charge in [-0.3, -0.25) is 4.79 Å². The second-order valence-electron chi connectivity index (χ2n) is 7.06. The number of para-hydroxylation sites is 1. The fourth-order valence-electron chi connectivity index (χ4n) is 3.42. The van der Waals surface area contributed by atoms with Gasteiger partial charge in [-0.2, -0.15) is 4.68 Å². The molecule has 2 aromatic rings. The number of sulfone groups is 1. The van der Waals surface area contributed by atoms with E-state index in [-0.39, 0.29) is 35.2 Å². The van der Waals surface area contributed by atoms with E-state index in [0.29, 0.717) is 11.6 Å². The first-order chi connectivity index (χ1) is 13.3. The molecule has 0 aliphatic carbocycles. The van der Waals surface area contributed by atoms with E-state index in [1.54, 1.807) is 9.58 Å². The van der Waals surface area contributed by atoms with Gasteiger partial charge >= 0.3 is 0 Å². The Morgan fingerprint density at radius 2 is 2.14 bits per heavy atom. The molecule has 1 aromatic carbocycles. The van der Waals surface area contributed by atoms with Gasteiger partial charge in [0.1, 0.15) is 0 Å². The Hall–Kier alpha value is -1.94. The quantitative estimate of drug-likeness (QED) is 0.627. The second kappa shape index (κ2) is 8.60. The van der Waals surface area contributed by atoms with Gasteiger partial charge in [0.25, 0.3) is 0 Å². The second-order valence-corrected chi connectivity index (χ2v) is 10.2. The van der Waals surface area contributed by atoms with Gasteiger partial charge in [0, 0.05) is 12.1 Å². The van der Waals surface area contributed by atoms with E-state index in [0.717, 1.165) is 17.7 Å². The van der Waals surface area contributed by atoms with Crippen molar-refractivity contribution >= 4 is 27.5 Å². The van der Waals surface area contributed by atoms with Gasteiger partial charge < -0.3 is 4.90 Å². The topological polar surface area (TPSA) is 98.1 Å². The highest BCUT2D eigenvalue weighted by molar-refractivity contribution is 7.99. The first-order valence-electron chi connectivity index (χ1n) is 9.31. The van der Waals surface area contributed by atoms with E-state index >= 15 is 0 Å². The van der Waals surface area contributed by atoms with Crippen molar-refractivity contribution in [1.82, 2.24) is 25.1 Å². The summed E-state index contributed by atoms with van der Waals surface area (Å²) in [5.41, 5.74) is 1.89. The van der Waals surface area contributed by atoms with Crippen molar-refractivity contribution in [1.29, 1.82) is 0 Å². The molecule has 1 aliphatic heterocycles. The van der Waals surface area contributed by atoms with Gasteiger partial charge in [-0.05, 0) is 48.7 Å². The molecule has 0 unspecified atom stereocenters. The highest BCUT2D eigenvalue weighted by atomic mass is 32.2. The van der Waals surface area contributed by atoms with E-state index in [1.165, 1.54) is 11.8 Å². The number of carbonyl (C=O) groups excluding carboxylic acids is 1. The Labute approximate surface area is 169 Å². The maximum Gasteiger partial charge on any atom is 0.233 e. The van der Waals surface area contributed by atoms with Crippen LogP contribution in [-0.2, 0) is 14.6 Å². The van der Waals surface area contributed by atoms with Crippen LogP contribution in [0.4, 0.5) is 0 Å². The summed E-state index contributed by atoms with van der Waals surface area (Å²) in [6.07, 6.45) is 1.28. The Kier molecular flexibility index (Phi) is 6.39. The highest BCUT2D eigenvalue weighted by Crippen LogP contribution is 2.25. The molecule has 8 nitrogen and oxygen atoms in total. The zero-order valence-electron chi connectivity index (χ0n) is 16.3. The van der Waals surface area contributed by atoms with Gasteiger partial charge in [-0.25, -0.2) is 8.42 Å². The minimum Gasteiger partial charge on any atom is -0.335 e. The number of aryl methyl sites for hydroxylation is 1. The standard InChI is InChI=1S/C18H25N5O3S2/c1-4-14(3)22(15-9-10-28(25,26)12-15)17(24)11-27-18-19-20-21-23(18)16-8-6-5-7-13(16)2/h5-8,14-15H,4,9-12H2,1-3H3/t14-,15+/m0/s1. The molecule has 0 saturated carbocycles. The van der Waals surface area contributed by atoms with Crippen LogP contribution in [0.3, 0.4) is 0 Å². The largest absolute Gasteiger partial charge is 0.335 e. The van der Waals surface area contributed by atoms with Crippen molar-refractivity contribution in [3.8, 4) is 5.69 Å². The third-order valence-electron chi connectivity index (χ3n) is 5.06. The van der Waals surface area contributed by atoms with E-state index in [4.69, 9.17) is 0 Å². The number of hydrogen-bond acceptors (Lipinski definition) is 7. The SMILES string of the molecule is CC[C@H](C)N(C(=O)CSc1nnnn1-c1ccccc1C)[C@@H]1CCS(=O)(=O)C1. The van der Waals surface area contributed by atoms with Gasteiger partial charge in [-0.15, -0.1) is 5.10 Å². The normalized spacial score (nSPS) is 19.5. The van der Waals surface area contributed by atoms with Crippen molar-refractivity contribution in [2.45, 2.75) is 50.9 Å². The fourth-order valence-corrected chi connectivity index (χ4v) is 5.89. The van der Waals surface area contributed by atoms with Crippen molar-refractivity contribution in [2.24, 2.45) is 0 Å². The molecule has 2 atom stereocenters. The highest BCUT2D eigenvalue weighted by Gasteiger charge is 2.36. The Morgan fingerprint density at radius 1 is 1.39 bits per heavy atom. The number of rotatable bonds is 7. The number of aromatic nitrogens is 4. The summed E-state index contributed by atoms with van der Waals surface area (Å²) in [6, 6.07) is 7.49. The van der Waals surface area contributed by atoms with Crippen LogP contribution in [0, 0.1) is 6.92 Å². The van der Waals surface area contributed by atoms with Crippen molar-refractivity contribution in [3.05, 3.63) is 29.8 Å². The van der Waals surface area contributed by atoms with Crippen LogP contribution in [-0.4, -0.2) is 68.8 Å². The minimum absolute atomic E-state index is 0.0150. The molecule has 0 N–H and O–H groups in total. The molecule has 0 radical (unpaired) electrons. The maximum absolute atomic E-state index is 13.0. The lowest BCUT2D eigenvalue weighted by atomic mass is 10.1. The predicted molar refractivity (Wildman–Crippen MR) is 108 cm³/mol. The van der Waals surface area contributed by atoms with Crippen molar-refractivity contribution in [2.75, 3.05) is 17.3 Å². The molecule has 2 heterocycles. The third kappa shape index (κ3) is 4.54. The van der Waals surface area contributed by atoms with Crippen LogP contribution >= 0.6 is 11.8 Å². The third-order valence-corrected chi connectivity index (χ3v) is 7.72. The number of nitrogens with zero attached hydrogens (tertiary/aromatic N) is 5. The molecule has 0 bridgehead atoms. The lowest BCUT2D eigenvalue weighted by Crippen LogP contribution is -2.47. The molecule has 152 valence electrons. The van der Waals surface area contributed by atoms with Crippen molar-refractivity contribution < 1.29 is 13.2 Å². The van der Waals surface area contributed by atoms with Crippen LogP contribution in [0.1, 0.15) is 32.3 Å². The first kappa shape index (κ1) is 20.8. The summed E-state index contributed by atoms with van der Waals surface area (Å²) in [4.78, 5) is 14.7. The number of thioether (sulfide) groups is 1. The summed E-state index contributed by atoms with van der Waals surface area (Å²) >= 11 is 1.27. The lowest BCUT2D eigenvalue weighted by molar-refractivity contribution is -0.132. The molecular formula is C18H25N5O3S2. The number of hydrogen-bond donors (Lipinski definition) is 0. The maximum atomic E-state index is 13.0. The summed E-state index contributed by atoms with van der Waals surface area (Å²) in [5, 5.41) is 12.4. The predicted octanol–water partition coefficient (Wildman–Crippen LogP) is 1.88. The zero-order valence-corrected chi connectivity index (χ0v) is 17.9. The summed E-state index contributed by atoms with van der Waals surface area (Å²) in [6.45, 7) is 5.94. The lowest BCUT2D eigenvalue weighted by Gasteiger charge is -2.33. The Morgan fingerprint density at radius 3 is 2.79 bits per heavy atom. The van der Waals surface area contributed by atoms with Crippen LogP contribution in [0.25, 0.3) is 5.69 Å². The number of carbonyl (C=O) groups is 1. The smallest absolute Gasteiger partial charge is 0.233 e. The van der Waals surface area contributed by atoms with E-state index in [1.807, 2.05) is 45.0 Å². The minimum atomic E-state index is -3.06.